The van der Waals surface area contributed by atoms with Gasteiger partial charge in [-0.25, -0.2) is 8.78 Å². The summed E-state index contributed by atoms with van der Waals surface area (Å²) in [5.41, 5.74) is 0.535. The number of fused-ring (bicyclic) bond motifs is 1. The third-order valence-corrected chi connectivity index (χ3v) is 6.11. The van der Waals surface area contributed by atoms with Crippen molar-refractivity contribution in [2.24, 2.45) is 5.92 Å². The monoisotopic (exact) mass is 285 g/mol. The molecule has 0 bridgehead atoms. The summed E-state index contributed by atoms with van der Waals surface area (Å²) in [4.78, 5) is 0.185. The first-order chi connectivity index (χ1) is 8.99. The lowest BCUT2D eigenvalue weighted by molar-refractivity contribution is 0.357. The molecule has 2 aliphatic rings. The van der Waals surface area contributed by atoms with Crippen LogP contribution < -0.4 is 5.32 Å². The van der Waals surface area contributed by atoms with E-state index in [0.29, 0.717) is 11.6 Å². The summed E-state index contributed by atoms with van der Waals surface area (Å²) in [6.07, 6.45) is 2.21. The van der Waals surface area contributed by atoms with Crippen LogP contribution in [0.15, 0.2) is 17.0 Å². The molecular weight excluding hydrogens is 268 g/mol. The number of halogens is 2. The minimum atomic E-state index is -1.41. The van der Waals surface area contributed by atoms with E-state index in [1.165, 1.54) is 6.07 Å². The van der Waals surface area contributed by atoms with Crippen LogP contribution in [-0.4, -0.2) is 15.5 Å². The first-order valence-corrected chi connectivity index (χ1v) is 7.86. The van der Waals surface area contributed by atoms with Gasteiger partial charge in [-0.1, -0.05) is 13.8 Å². The summed E-state index contributed by atoms with van der Waals surface area (Å²) >= 11 is 0. The van der Waals surface area contributed by atoms with Crippen LogP contribution in [0, 0.1) is 17.6 Å². The molecule has 4 unspecified atom stereocenters. The average Bonchev–Trinajstić information content (AvgIpc) is 3.15. The number of hydrogen-bond acceptors (Lipinski definition) is 2. The molecule has 1 aliphatic heterocycles. The predicted octanol–water partition coefficient (Wildman–Crippen LogP) is 2.90. The Kier molecular flexibility index (Phi) is 3.21. The topological polar surface area (TPSA) is 29.1 Å². The zero-order valence-corrected chi connectivity index (χ0v) is 11.8. The first kappa shape index (κ1) is 13.2. The highest BCUT2D eigenvalue weighted by Gasteiger charge is 2.40. The van der Waals surface area contributed by atoms with Gasteiger partial charge in [-0.2, -0.15) is 0 Å². The van der Waals surface area contributed by atoms with Crippen molar-refractivity contribution < 1.29 is 13.0 Å². The van der Waals surface area contributed by atoms with Crippen LogP contribution in [0.25, 0.3) is 0 Å². The largest absolute Gasteiger partial charge is 0.307 e. The molecule has 1 aromatic rings. The van der Waals surface area contributed by atoms with Crippen LogP contribution in [0.5, 0.6) is 0 Å². The fourth-order valence-corrected chi connectivity index (χ4v) is 4.29. The minimum absolute atomic E-state index is 0.0927. The van der Waals surface area contributed by atoms with E-state index in [1.54, 1.807) is 0 Å². The molecule has 0 radical (unpaired) electrons. The van der Waals surface area contributed by atoms with Crippen molar-refractivity contribution in [2.75, 3.05) is 0 Å². The summed E-state index contributed by atoms with van der Waals surface area (Å²) in [6.45, 7) is 3.86. The van der Waals surface area contributed by atoms with Gasteiger partial charge in [-0.15, -0.1) is 0 Å². The highest BCUT2D eigenvalue weighted by molar-refractivity contribution is 7.85. The maximum absolute atomic E-state index is 13.9. The van der Waals surface area contributed by atoms with E-state index in [1.807, 2.05) is 13.8 Å². The number of nitrogens with one attached hydrogen (secondary N) is 1. The Morgan fingerprint density at radius 2 is 1.95 bits per heavy atom. The molecule has 1 fully saturated rings. The van der Waals surface area contributed by atoms with E-state index < -0.39 is 22.4 Å². The maximum atomic E-state index is 13.9. The van der Waals surface area contributed by atoms with Crippen LogP contribution >= 0.6 is 0 Å². The molecule has 0 amide bonds. The van der Waals surface area contributed by atoms with E-state index in [9.17, 15) is 13.0 Å². The number of hydrogen-bond donors (Lipinski definition) is 1. The molecule has 2 nitrogen and oxygen atoms in total. The summed E-state index contributed by atoms with van der Waals surface area (Å²) in [6, 6.07) is 2.48. The quantitative estimate of drug-likeness (QED) is 0.905. The molecule has 3 rings (SSSR count). The smallest absolute Gasteiger partial charge is 0.142 e. The van der Waals surface area contributed by atoms with Gasteiger partial charge >= 0.3 is 0 Å². The number of rotatable bonds is 2. The van der Waals surface area contributed by atoms with E-state index in [0.717, 1.165) is 18.9 Å². The second-order valence-electron chi connectivity index (χ2n) is 5.59. The Morgan fingerprint density at radius 3 is 2.58 bits per heavy atom. The highest BCUT2D eigenvalue weighted by Crippen LogP contribution is 2.41. The lowest BCUT2D eigenvalue weighted by atomic mass is 9.91. The van der Waals surface area contributed by atoms with Gasteiger partial charge < -0.3 is 5.32 Å². The molecule has 1 aliphatic carbocycles. The molecule has 0 spiro atoms. The van der Waals surface area contributed by atoms with Crippen molar-refractivity contribution in [3.8, 4) is 0 Å². The SMILES string of the molecule is CC1C(NC2CC2)c2cc(F)cc(F)c2S(=O)C1C. The van der Waals surface area contributed by atoms with Gasteiger partial charge in [0.2, 0.25) is 0 Å². The van der Waals surface area contributed by atoms with Crippen LogP contribution in [0.1, 0.15) is 38.3 Å². The van der Waals surface area contributed by atoms with E-state index >= 15 is 0 Å². The summed E-state index contributed by atoms with van der Waals surface area (Å²) < 4.78 is 39.7. The Bertz CT molecular complexity index is 544. The van der Waals surface area contributed by atoms with E-state index in [-0.39, 0.29) is 22.1 Å². The molecular formula is C14H17F2NOS. The third-order valence-electron chi connectivity index (χ3n) is 4.17. The summed E-state index contributed by atoms with van der Waals surface area (Å²) in [5.74, 6) is -1.19. The Labute approximate surface area is 114 Å². The second kappa shape index (κ2) is 4.63. The standard InChI is InChI=1S/C14H17F2NOS/c1-7-8(2)19(18)14-11(5-9(15)6-12(14)16)13(7)17-10-3-4-10/h5-8,10,13,17H,3-4H2,1-2H3. The first-order valence-electron chi connectivity index (χ1n) is 6.64. The fraction of sp³-hybridized carbons (Fsp3) is 0.571. The van der Waals surface area contributed by atoms with Gasteiger partial charge in [0.1, 0.15) is 11.6 Å². The van der Waals surface area contributed by atoms with Crippen molar-refractivity contribution in [1.82, 2.24) is 5.32 Å². The van der Waals surface area contributed by atoms with Gasteiger partial charge in [-0.05, 0) is 30.4 Å². The average molecular weight is 285 g/mol. The summed E-state index contributed by atoms with van der Waals surface area (Å²) in [5, 5.41) is 3.30. The van der Waals surface area contributed by atoms with Crippen molar-refractivity contribution in [1.29, 1.82) is 0 Å². The lowest BCUT2D eigenvalue weighted by Gasteiger charge is -2.36. The molecule has 0 saturated heterocycles. The molecule has 19 heavy (non-hydrogen) atoms. The van der Waals surface area contributed by atoms with Gasteiger partial charge in [-0.3, -0.25) is 4.21 Å². The zero-order valence-electron chi connectivity index (χ0n) is 11.0. The molecule has 0 aromatic heterocycles. The molecule has 1 saturated carbocycles. The van der Waals surface area contributed by atoms with Gasteiger partial charge in [0, 0.05) is 23.4 Å². The molecule has 1 heterocycles. The van der Waals surface area contributed by atoms with E-state index in [2.05, 4.69) is 5.32 Å². The minimum Gasteiger partial charge on any atom is -0.307 e. The van der Waals surface area contributed by atoms with E-state index in [4.69, 9.17) is 0 Å². The predicted molar refractivity (Wildman–Crippen MR) is 70.3 cm³/mol. The second-order valence-corrected chi connectivity index (χ2v) is 7.33. The molecule has 4 atom stereocenters. The van der Waals surface area contributed by atoms with Crippen LogP contribution in [-0.2, 0) is 10.8 Å². The molecule has 5 heteroatoms. The Balaban J connectivity index is 2.11. The van der Waals surface area contributed by atoms with Gasteiger partial charge in [0.25, 0.3) is 0 Å². The third kappa shape index (κ3) is 2.23. The highest BCUT2D eigenvalue weighted by atomic mass is 32.2. The van der Waals surface area contributed by atoms with Crippen LogP contribution in [0.3, 0.4) is 0 Å². The van der Waals surface area contributed by atoms with Crippen molar-refractivity contribution in [3.05, 3.63) is 29.3 Å². The van der Waals surface area contributed by atoms with Crippen molar-refractivity contribution in [3.63, 3.8) is 0 Å². The molecule has 1 N–H and O–H groups in total. The Hall–Kier alpha value is -0.810. The summed E-state index contributed by atoms with van der Waals surface area (Å²) in [7, 11) is -1.41. The molecule has 1 aromatic carbocycles. The van der Waals surface area contributed by atoms with Gasteiger partial charge in [0.05, 0.1) is 15.7 Å². The van der Waals surface area contributed by atoms with Gasteiger partial charge in [0.15, 0.2) is 0 Å². The van der Waals surface area contributed by atoms with Crippen LogP contribution in [0.4, 0.5) is 8.78 Å². The molecule has 104 valence electrons. The van der Waals surface area contributed by atoms with Crippen LogP contribution in [0.2, 0.25) is 0 Å². The Morgan fingerprint density at radius 1 is 1.26 bits per heavy atom. The maximum Gasteiger partial charge on any atom is 0.142 e. The number of benzene rings is 1. The fourth-order valence-electron chi connectivity index (χ4n) is 2.70. The zero-order chi connectivity index (χ0) is 13.7. The van der Waals surface area contributed by atoms with Crippen molar-refractivity contribution in [2.45, 2.75) is 48.9 Å². The van der Waals surface area contributed by atoms with Crippen molar-refractivity contribution >= 4 is 10.8 Å². The lowest BCUT2D eigenvalue weighted by Crippen LogP contribution is -2.40. The normalized spacial score (nSPS) is 34.1.